The number of likely N-dealkylation sites (tertiary alicyclic amines) is 1. The Balaban J connectivity index is 1.14. The topological polar surface area (TPSA) is 86.1 Å². The van der Waals surface area contributed by atoms with Crippen LogP contribution in [0.2, 0.25) is 10.0 Å². The first kappa shape index (κ1) is 24.8. The van der Waals surface area contributed by atoms with Crippen LogP contribution in [0.15, 0.2) is 47.1 Å². The number of pyridine rings is 1. The number of hydrogen-bond donors (Lipinski definition) is 0. The molecule has 0 radical (unpaired) electrons. The Bertz CT molecular complexity index is 1260. The third-order valence-electron chi connectivity index (χ3n) is 6.29. The van der Waals surface area contributed by atoms with E-state index in [4.69, 9.17) is 42.5 Å². The number of hydrogen-bond acceptors (Lipinski definition) is 8. The first-order valence-electron chi connectivity index (χ1n) is 11.6. The van der Waals surface area contributed by atoms with Crippen LogP contribution < -0.4 is 9.47 Å². The van der Waals surface area contributed by atoms with Gasteiger partial charge in [0.2, 0.25) is 0 Å². The van der Waals surface area contributed by atoms with Crippen molar-refractivity contribution in [2.75, 3.05) is 26.8 Å². The summed E-state index contributed by atoms with van der Waals surface area (Å²) >= 11 is 14.3. The number of halogens is 2. The molecular weight excluding hydrogens is 523 g/mol. The minimum absolute atomic E-state index is 0.0669. The quantitative estimate of drug-likeness (QED) is 0.388. The number of piperidine rings is 1. The van der Waals surface area contributed by atoms with E-state index in [2.05, 4.69) is 10.1 Å². The number of oxime groups is 1. The van der Waals surface area contributed by atoms with Crippen LogP contribution in [0, 0.1) is 0 Å². The van der Waals surface area contributed by atoms with Gasteiger partial charge < -0.3 is 19.2 Å². The molecule has 3 aromatic rings. The van der Waals surface area contributed by atoms with Gasteiger partial charge in [0.25, 0.3) is 11.8 Å². The second-order valence-electron chi connectivity index (χ2n) is 8.50. The molecule has 0 saturated carbocycles. The Morgan fingerprint density at radius 1 is 1.19 bits per heavy atom. The second-order valence-corrected chi connectivity index (χ2v) is 10.2. The lowest BCUT2D eigenvalue weighted by atomic mass is 9.97. The molecule has 1 fully saturated rings. The monoisotopic (exact) mass is 546 g/mol. The zero-order valence-electron chi connectivity index (χ0n) is 19.5. The highest BCUT2D eigenvalue weighted by atomic mass is 35.5. The van der Waals surface area contributed by atoms with Gasteiger partial charge in [-0.2, -0.15) is 0 Å². The van der Waals surface area contributed by atoms with Crippen molar-refractivity contribution in [3.05, 3.63) is 68.2 Å². The number of ether oxygens (including phenoxy) is 2. The van der Waals surface area contributed by atoms with Crippen molar-refractivity contribution >= 4 is 46.2 Å². The van der Waals surface area contributed by atoms with Crippen molar-refractivity contribution < 1.29 is 19.1 Å². The molecule has 2 aliphatic rings. The molecule has 1 unspecified atom stereocenters. The highest BCUT2D eigenvalue weighted by Crippen LogP contribution is 2.39. The van der Waals surface area contributed by atoms with Crippen LogP contribution >= 0.6 is 34.5 Å². The van der Waals surface area contributed by atoms with E-state index in [1.165, 1.54) is 0 Å². The van der Waals surface area contributed by atoms with E-state index in [9.17, 15) is 4.79 Å². The first-order chi connectivity index (χ1) is 17.5. The Kier molecular flexibility index (Phi) is 7.59. The smallest absolute Gasteiger partial charge is 0.260 e. The standard InChI is InChI=1S/C25H24Cl2N4O4S/c1-33-20-6-3-9-28-24(20)34-13-22(32)31-10-7-15(8-11-31)25-29-19(14-36-25)18-12-21(35-30-18)23-16(26)4-2-5-17(23)27/h2-6,9,14-15,21H,7-8,10-13H2,1H3. The molecule has 188 valence electrons. The third kappa shape index (κ3) is 5.28. The molecule has 11 heteroatoms. The molecule has 4 heterocycles. The molecule has 0 bridgehead atoms. The number of benzene rings is 1. The summed E-state index contributed by atoms with van der Waals surface area (Å²) in [5.41, 5.74) is 2.35. The normalized spacial score (nSPS) is 18.0. The largest absolute Gasteiger partial charge is 0.491 e. The summed E-state index contributed by atoms with van der Waals surface area (Å²) in [6.45, 7) is 1.23. The fourth-order valence-corrected chi connectivity index (χ4v) is 5.99. The number of rotatable bonds is 7. The Morgan fingerprint density at radius 3 is 2.72 bits per heavy atom. The Labute approximate surface area is 222 Å². The van der Waals surface area contributed by atoms with E-state index in [1.54, 1.807) is 55.0 Å². The molecular formula is C25H24Cl2N4O4S. The summed E-state index contributed by atoms with van der Waals surface area (Å²) in [7, 11) is 1.54. The van der Waals surface area contributed by atoms with E-state index >= 15 is 0 Å². The van der Waals surface area contributed by atoms with Crippen LogP contribution in [0.5, 0.6) is 11.6 Å². The molecule has 1 saturated heterocycles. The Hall–Kier alpha value is -2.88. The molecule has 1 aromatic carbocycles. The van der Waals surface area contributed by atoms with Gasteiger partial charge in [-0.3, -0.25) is 4.79 Å². The van der Waals surface area contributed by atoms with Gasteiger partial charge >= 0.3 is 0 Å². The zero-order chi connectivity index (χ0) is 25.1. The molecule has 1 amide bonds. The van der Waals surface area contributed by atoms with Crippen molar-refractivity contribution in [2.45, 2.75) is 31.3 Å². The molecule has 0 N–H and O–H groups in total. The molecule has 8 nitrogen and oxygen atoms in total. The van der Waals surface area contributed by atoms with E-state index < -0.39 is 0 Å². The van der Waals surface area contributed by atoms with E-state index in [-0.39, 0.29) is 18.6 Å². The summed E-state index contributed by atoms with van der Waals surface area (Å²) in [5, 5.41) is 8.45. The summed E-state index contributed by atoms with van der Waals surface area (Å²) in [6.07, 6.45) is 3.51. The van der Waals surface area contributed by atoms with Gasteiger partial charge in [-0.15, -0.1) is 11.3 Å². The molecule has 2 aliphatic heterocycles. The summed E-state index contributed by atoms with van der Waals surface area (Å²) in [6, 6.07) is 8.89. The molecule has 5 rings (SSSR count). The minimum Gasteiger partial charge on any atom is -0.491 e. The van der Waals surface area contributed by atoms with Gasteiger partial charge in [-0.25, -0.2) is 9.97 Å². The van der Waals surface area contributed by atoms with Crippen molar-refractivity contribution in [1.82, 2.24) is 14.9 Å². The SMILES string of the molecule is COc1cccnc1OCC(=O)N1CCC(c2nc(C3=NOC(c4c(Cl)cccc4Cl)C3)cs2)CC1. The lowest BCUT2D eigenvalue weighted by Crippen LogP contribution is -2.40. The predicted molar refractivity (Wildman–Crippen MR) is 138 cm³/mol. The maximum Gasteiger partial charge on any atom is 0.260 e. The van der Waals surface area contributed by atoms with Gasteiger partial charge in [0.05, 0.1) is 17.8 Å². The van der Waals surface area contributed by atoms with Gasteiger partial charge in [0, 0.05) is 52.6 Å². The van der Waals surface area contributed by atoms with Crippen LogP contribution in [-0.2, 0) is 9.63 Å². The van der Waals surface area contributed by atoms with Gasteiger partial charge in [-0.05, 0) is 37.1 Å². The summed E-state index contributed by atoms with van der Waals surface area (Å²) in [5.74, 6) is 1.04. The minimum atomic E-state index is -0.325. The van der Waals surface area contributed by atoms with Gasteiger partial charge in [0.1, 0.15) is 5.71 Å². The number of carbonyl (C=O) groups is 1. The number of methoxy groups -OCH3 is 1. The number of amides is 1. The van der Waals surface area contributed by atoms with Gasteiger partial charge in [-0.1, -0.05) is 34.4 Å². The van der Waals surface area contributed by atoms with E-state index in [0.717, 1.165) is 34.8 Å². The molecule has 2 aromatic heterocycles. The highest BCUT2D eigenvalue weighted by Gasteiger charge is 2.30. The van der Waals surface area contributed by atoms with Crippen LogP contribution in [0.3, 0.4) is 0 Å². The summed E-state index contributed by atoms with van der Waals surface area (Å²) < 4.78 is 10.8. The maximum atomic E-state index is 12.7. The molecule has 1 atom stereocenters. The van der Waals surface area contributed by atoms with E-state index in [1.807, 2.05) is 10.3 Å². The van der Waals surface area contributed by atoms with E-state index in [0.29, 0.717) is 47.1 Å². The Morgan fingerprint density at radius 2 is 1.97 bits per heavy atom. The number of aromatic nitrogens is 2. The van der Waals surface area contributed by atoms with Crippen LogP contribution in [0.4, 0.5) is 0 Å². The molecule has 0 aliphatic carbocycles. The van der Waals surface area contributed by atoms with Crippen molar-refractivity contribution in [3.63, 3.8) is 0 Å². The number of carbonyl (C=O) groups excluding carboxylic acids is 1. The lowest BCUT2D eigenvalue weighted by Gasteiger charge is -2.31. The zero-order valence-corrected chi connectivity index (χ0v) is 21.9. The second kappa shape index (κ2) is 11.0. The van der Waals surface area contributed by atoms with Crippen LogP contribution in [0.25, 0.3) is 0 Å². The average molecular weight is 547 g/mol. The molecule has 36 heavy (non-hydrogen) atoms. The maximum absolute atomic E-state index is 12.7. The van der Waals surface area contributed by atoms with Crippen molar-refractivity contribution in [3.8, 4) is 11.6 Å². The third-order valence-corrected chi connectivity index (χ3v) is 7.96. The van der Waals surface area contributed by atoms with Gasteiger partial charge in [0.15, 0.2) is 18.5 Å². The molecule has 0 spiro atoms. The first-order valence-corrected chi connectivity index (χ1v) is 13.2. The van der Waals surface area contributed by atoms with Crippen molar-refractivity contribution in [1.29, 1.82) is 0 Å². The highest BCUT2D eigenvalue weighted by molar-refractivity contribution is 7.10. The fourth-order valence-electron chi connectivity index (χ4n) is 4.35. The van der Waals surface area contributed by atoms with Crippen LogP contribution in [0.1, 0.15) is 47.5 Å². The number of thiazole rings is 1. The predicted octanol–water partition coefficient (Wildman–Crippen LogP) is 5.50. The summed E-state index contributed by atoms with van der Waals surface area (Å²) in [4.78, 5) is 29.1. The van der Waals surface area contributed by atoms with Crippen molar-refractivity contribution in [2.24, 2.45) is 5.16 Å². The lowest BCUT2D eigenvalue weighted by molar-refractivity contribution is -0.134. The average Bonchev–Trinajstić information content (AvgIpc) is 3.58. The number of nitrogens with zero attached hydrogens (tertiary/aromatic N) is 4. The van der Waals surface area contributed by atoms with Crippen LogP contribution in [-0.4, -0.2) is 53.3 Å². The fraction of sp³-hybridized carbons (Fsp3) is 0.360.